The summed E-state index contributed by atoms with van der Waals surface area (Å²) in [4.78, 5) is 15.6. The Hall–Kier alpha value is -2.85. The van der Waals surface area contributed by atoms with E-state index in [0.29, 0.717) is 16.7 Å². The van der Waals surface area contributed by atoms with Crippen molar-refractivity contribution in [3.8, 4) is 0 Å². The molecule has 1 aromatic carbocycles. The number of hydrogen-bond donors (Lipinski definition) is 3. The predicted octanol–water partition coefficient (Wildman–Crippen LogP) is 5.37. The molecule has 0 spiro atoms. The Bertz CT molecular complexity index is 1340. The number of pyridine rings is 1. The van der Waals surface area contributed by atoms with E-state index >= 15 is 0 Å². The van der Waals surface area contributed by atoms with Crippen molar-refractivity contribution in [1.82, 2.24) is 14.3 Å². The number of carboxylic acid groups (broad SMARTS) is 1. The summed E-state index contributed by atoms with van der Waals surface area (Å²) >= 11 is 3.57. The number of benzene rings is 1. The Morgan fingerprint density at radius 3 is 2.44 bits per heavy atom. The fourth-order valence-electron chi connectivity index (χ4n) is 4.38. The molecule has 0 unspecified atom stereocenters. The second-order valence-corrected chi connectivity index (χ2v) is 11.2. The van der Waals surface area contributed by atoms with E-state index in [9.17, 15) is 13.2 Å². The molecular weight excluding hydrogens is 520 g/mol. The summed E-state index contributed by atoms with van der Waals surface area (Å²) in [5.74, 6) is 0. The van der Waals surface area contributed by atoms with Crippen LogP contribution < -0.4 is 10.6 Å². The number of rotatable bonds is 6. The van der Waals surface area contributed by atoms with Gasteiger partial charge >= 0.3 is 6.09 Å². The number of anilines is 1. The summed E-state index contributed by atoms with van der Waals surface area (Å²) < 4.78 is 29.3. The second-order valence-electron chi connectivity index (χ2n) is 8.51. The number of nitrogens with zero attached hydrogens (tertiary/aromatic N) is 2. The molecule has 3 N–H and O–H groups in total. The maximum Gasteiger partial charge on any atom is 0.404 e. The SMILES string of the molecule is C/C=C/c1cc2c(NC3CCC(NC(=O)O)CC3)c(Br)cnc2n1S(=O)(=O)c1ccc(C)cc1. The van der Waals surface area contributed by atoms with E-state index < -0.39 is 16.1 Å². The number of carbonyl (C=O) groups is 1. The van der Waals surface area contributed by atoms with Gasteiger partial charge in [0.25, 0.3) is 10.0 Å². The van der Waals surface area contributed by atoms with Gasteiger partial charge in [-0.1, -0.05) is 23.8 Å². The van der Waals surface area contributed by atoms with Crippen molar-refractivity contribution in [3.05, 3.63) is 58.3 Å². The molecule has 8 nitrogen and oxygen atoms in total. The van der Waals surface area contributed by atoms with Crippen LogP contribution in [0.1, 0.15) is 43.9 Å². The van der Waals surface area contributed by atoms with Crippen LogP contribution in [0.15, 0.2) is 52.0 Å². The number of aromatic nitrogens is 2. The molecule has 1 fully saturated rings. The number of hydrogen-bond acceptors (Lipinski definition) is 5. The van der Waals surface area contributed by atoms with Gasteiger partial charge in [0.05, 0.1) is 20.7 Å². The minimum Gasteiger partial charge on any atom is -0.465 e. The largest absolute Gasteiger partial charge is 0.465 e. The maximum absolute atomic E-state index is 13.6. The number of amides is 1. The average molecular weight is 547 g/mol. The third kappa shape index (κ3) is 4.83. The third-order valence-corrected chi connectivity index (χ3v) is 8.40. The molecule has 0 atom stereocenters. The number of allylic oxidation sites excluding steroid dienone is 1. The van der Waals surface area contributed by atoms with Gasteiger partial charge in [0, 0.05) is 23.7 Å². The van der Waals surface area contributed by atoms with E-state index in [0.717, 1.165) is 41.4 Å². The first-order chi connectivity index (χ1) is 16.2. The van der Waals surface area contributed by atoms with E-state index in [-0.39, 0.29) is 17.0 Å². The van der Waals surface area contributed by atoms with Crippen molar-refractivity contribution in [1.29, 1.82) is 0 Å². The van der Waals surface area contributed by atoms with Crippen LogP contribution in [0.25, 0.3) is 17.1 Å². The number of aryl methyl sites for hydroxylation is 1. The third-order valence-electron chi connectivity index (χ3n) is 6.07. The lowest BCUT2D eigenvalue weighted by Crippen LogP contribution is -2.39. The van der Waals surface area contributed by atoms with Gasteiger partial charge in [0.15, 0.2) is 5.65 Å². The number of nitrogens with one attached hydrogen (secondary N) is 2. The molecule has 0 aliphatic heterocycles. The summed E-state index contributed by atoms with van der Waals surface area (Å²) in [7, 11) is -3.88. The summed E-state index contributed by atoms with van der Waals surface area (Å²) in [5.41, 5.74) is 2.62. The fraction of sp³-hybridized carbons (Fsp3) is 0.333. The van der Waals surface area contributed by atoms with Crippen LogP contribution in [0.4, 0.5) is 10.5 Å². The summed E-state index contributed by atoms with van der Waals surface area (Å²) in [6, 6.07) is 8.70. The van der Waals surface area contributed by atoms with Crippen molar-refractivity contribution < 1.29 is 18.3 Å². The van der Waals surface area contributed by atoms with Crippen LogP contribution in [0, 0.1) is 6.92 Å². The molecule has 34 heavy (non-hydrogen) atoms. The predicted molar refractivity (Wildman–Crippen MR) is 137 cm³/mol. The van der Waals surface area contributed by atoms with Gasteiger partial charge in [-0.15, -0.1) is 0 Å². The zero-order valence-electron chi connectivity index (χ0n) is 19.0. The van der Waals surface area contributed by atoms with Crippen LogP contribution in [-0.4, -0.2) is 40.7 Å². The van der Waals surface area contributed by atoms with Crippen molar-refractivity contribution in [2.24, 2.45) is 0 Å². The molecule has 0 bridgehead atoms. The first kappa shape index (κ1) is 24.3. The van der Waals surface area contributed by atoms with Crippen LogP contribution in [0.5, 0.6) is 0 Å². The molecule has 1 aliphatic carbocycles. The van der Waals surface area contributed by atoms with E-state index in [1.165, 1.54) is 3.97 Å². The molecule has 180 valence electrons. The van der Waals surface area contributed by atoms with Gasteiger partial charge in [0.1, 0.15) is 0 Å². The zero-order valence-corrected chi connectivity index (χ0v) is 21.4. The Balaban J connectivity index is 1.74. The van der Waals surface area contributed by atoms with Gasteiger partial charge in [-0.25, -0.2) is 22.2 Å². The first-order valence-corrected chi connectivity index (χ1v) is 13.3. The number of fused-ring (bicyclic) bond motifs is 1. The Kier molecular flexibility index (Phi) is 6.99. The van der Waals surface area contributed by atoms with Crippen molar-refractivity contribution in [2.75, 3.05) is 5.32 Å². The normalized spacial score (nSPS) is 18.9. The van der Waals surface area contributed by atoms with Crippen LogP contribution in [0.2, 0.25) is 0 Å². The van der Waals surface area contributed by atoms with Crippen LogP contribution in [0.3, 0.4) is 0 Å². The van der Waals surface area contributed by atoms with Gasteiger partial charge in [0.2, 0.25) is 0 Å². The highest BCUT2D eigenvalue weighted by Crippen LogP contribution is 2.36. The Morgan fingerprint density at radius 1 is 1.18 bits per heavy atom. The zero-order chi connectivity index (χ0) is 24.5. The monoisotopic (exact) mass is 546 g/mol. The minimum atomic E-state index is -3.88. The van der Waals surface area contributed by atoms with Gasteiger partial charge in [-0.2, -0.15) is 0 Å². The lowest BCUT2D eigenvalue weighted by molar-refractivity contribution is 0.185. The number of halogens is 1. The lowest BCUT2D eigenvalue weighted by atomic mass is 9.91. The first-order valence-electron chi connectivity index (χ1n) is 11.1. The van der Waals surface area contributed by atoms with Crippen LogP contribution >= 0.6 is 15.9 Å². The molecule has 2 heterocycles. The molecular formula is C24H27BrN4O4S. The van der Waals surface area contributed by atoms with Gasteiger partial charge in [-0.05, 0) is 79.7 Å². The maximum atomic E-state index is 13.6. The second kappa shape index (κ2) is 9.79. The molecule has 1 aliphatic rings. The smallest absolute Gasteiger partial charge is 0.404 e. The van der Waals surface area contributed by atoms with E-state index in [1.807, 2.05) is 19.9 Å². The summed E-state index contributed by atoms with van der Waals surface area (Å²) in [5, 5.41) is 15.8. The van der Waals surface area contributed by atoms with Crippen LogP contribution in [-0.2, 0) is 10.0 Å². The standard InChI is InChI=1S/C24H27BrN4O4S/c1-3-4-18-13-20-22(27-16-7-9-17(10-8-16)28-24(30)31)21(25)14-26-23(20)29(18)34(32,33)19-11-5-15(2)6-12-19/h3-6,11-14,16-17,28H,7-10H2,1-2H3,(H,26,27)(H,30,31)/b4-3+. The lowest BCUT2D eigenvalue weighted by Gasteiger charge is -2.30. The van der Waals surface area contributed by atoms with Crippen molar-refractivity contribution in [3.63, 3.8) is 0 Å². The average Bonchev–Trinajstić information content (AvgIpc) is 3.16. The molecule has 0 radical (unpaired) electrons. The van der Waals surface area contributed by atoms with Gasteiger partial charge in [-0.3, -0.25) is 0 Å². The molecule has 2 aromatic heterocycles. The molecule has 0 saturated heterocycles. The molecule has 3 aromatic rings. The van der Waals surface area contributed by atoms with Gasteiger partial charge < -0.3 is 15.7 Å². The highest BCUT2D eigenvalue weighted by Gasteiger charge is 2.27. The van der Waals surface area contributed by atoms with Crippen molar-refractivity contribution >= 4 is 54.8 Å². The Labute approximate surface area is 207 Å². The summed E-state index contributed by atoms with van der Waals surface area (Å²) in [6.45, 7) is 3.75. The summed E-state index contributed by atoms with van der Waals surface area (Å²) in [6.07, 6.45) is 7.24. The topological polar surface area (TPSA) is 113 Å². The highest BCUT2D eigenvalue weighted by molar-refractivity contribution is 9.10. The Morgan fingerprint density at radius 2 is 1.82 bits per heavy atom. The van der Waals surface area contributed by atoms with Crippen molar-refractivity contribution in [2.45, 2.75) is 56.5 Å². The molecule has 10 heteroatoms. The molecule has 1 saturated carbocycles. The highest BCUT2D eigenvalue weighted by atomic mass is 79.9. The minimum absolute atomic E-state index is 0.0431. The quantitative estimate of drug-likeness (QED) is 0.383. The fourth-order valence-corrected chi connectivity index (χ4v) is 6.27. The van der Waals surface area contributed by atoms with E-state index in [2.05, 4.69) is 31.5 Å². The van der Waals surface area contributed by atoms with E-state index in [4.69, 9.17) is 5.11 Å². The van der Waals surface area contributed by atoms with E-state index in [1.54, 1.807) is 42.6 Å². The molecule has 4 rings (SSSR count). The molecule has 1 amide bonds.